The molecule has 3 unspecified atom stereocenters. The van der Waals surface area contributed by atoms with E-state index in [1.165, 1.54) is 5.56 Å². The number of para-hydroxylation sites is 1. The Morgan fingerprint density at radius 2 is 2.12 bits per heavy atom. The van der Waals surface area contributed by atoms with Gasteiger partial charge in [0.2, 0.25) is 0 Å². The van der Waals surface area contributed by atoms with Gasteiger partial charge in [0, 0.05) is 41.4 Å². The lowest BCUT2D eigenvalue weighted by atomic mass is 9.95. The Kier molecular flexibility index (Phi) is 11.2. The number of guanidine groups is 1. The second-order valence-electron chi connectivity index (χ2n) is 6.36. The van der Waals surface area contributed by atoms with E-state index in [4.69, 9.17) is 4.74 Å². The number of nitrogens with one attached hydrogen (secondary N) is 2. The molecule has 5 nitrogen and oxygen atoms in total. The van der Waals surface area contributed by atoms with Crippen molar-refractivity contribution >= 4 is 40.7 Å². The molecule has 2 N–H and O–H groups in total. The van der Waals surface area contributed by atoms with E-state index in [1.54, 1.807) is 14.2 Å². The van der Waals surface area contributed by atoms with Crippen LogP contribution in [0.15, 0.2) is 29.3 Å². The minimum Gasteiger partial charge on any atom is -0.496 e. The van der Waals surface area contributed by atoms with Crippen molar-refractivity contribution in [2.45, 2.75) is 50.3 Å². The van der Waals surface area contributed by atoms with E-state index < -0.39 is 10.8 Å². The Morgan fingerprint density at radius 3 is 2.81 bits per heavy atom. The SMILES string of the molecule is CCS(=O)C1CCCC(NC(=NC)NCCc2ccccc2OC)C1.I. The van der Waals surface area contributed by atoms with Crippen LogP contribution in [0.1, 0.15) is 38.2 Å². The van der Waals surface area contributed by atoms with Crippen molar-refractivity contribution in [3.8, 4) is 5.75 Å². The molecule has 0 spiro atoms. The first-order valence-electron chi connectivity index (χ1n) is 9.14. The van der Waals surface area contributed by atoms with Gasteiger partial charge in [0.15, 0.2) is 5.96 Å². The summed E-state index contributed by atoms with van der Waals surface area (Å²) < 4.78 is 17.5. The van der Waals surface area contributed by atoms with Gasteiger partial charge in [-0.2, -0.15) is 0 Å². The Bertz CT molecular complexity index is 598. The summed E-state index contributed by atoms with van der Waals surface area (Å²) in [5.41, 5.74) is 1.18. The van der Waals surface area contributed by atoms with Crippen LogP contribution in [0.2, 0.25) is 0 Å². The molecule has 0 amide bonds. The fraction of sp³-hybridized carbons (Fsp3) is 0.632. The number of hydrogen-bond acceptors (Lipinski definition) is 3. The molecule has 0 bridgehead atoms. The van der Waals surface area contributed by atoms with E-state index in [0.717, 1.165) is 56.1 Å². The second kappa shape index (κ2) is 12.5. The minimum absolute atomic E-state index is 0. The number of methoxy groups -OCH3 is 1. The van der Waals surface area contributed by atoms with Crippen LogP contribution < -0.4 is 15.4 Å². The van der Waals surface area contributed by atoms with Crippen molar-refractivity contribution < 1.29 is 8.95 Å². The number of ether oxygens (including phenoxy) is 1. The maximum Gasteiger partial charge on any atom is 0.191 e. The number of rotatable bonds is 7. The number of benzene rings is 1. The van der Waals surface area contributed by atoms with Gasteiger partial charge in [-0.3, -0.25) is 9.20 Å². The fourth-order valence-corrected chi connectivity index (χ4v) is 4.71. The molecule has 1 fully saturated rings. The third-order valence-electron chi connectivity index (χ3n) is 4.73. The highest BCUT2D eigenvalue weighted by Crippen LogP contribution is 2.23. The van der Waals surface area contributed by atoms with Crippen LogP contribution in [0.5, 0.6) is 5.75 Å². The molecule has 0 radical (unpaired) electrons. The number of hydrogen-bond donors (Lipinski definition) is 2. The molecule has 3 atom stereocenters. The van der Waals surface area contributed by atoms with E-state index in [-0.39, 0.29) is 24.0 Å². The van der Waals surface area contributed by atoms with Gasteiger partial charge in [-0.15, -0.1) is 24.0 Å². The van der Waals surface area contributed by atoms with Gasteiger partial charge >= 0.3 is 0 Å². The molecule has 0 aromatic heterocycles. The number of aliphatic imine (C=N–C) groups is 1. The summed E-state index contributed by atoms with van der Waals surface area (Å²) in [6.45, 7) is 2.79. The van der Waals surface area contributed by atoms with Crippen LogP contribution in [-0.4, -0.2) is 47.9 Å². The standard InChI is InChI=1S/C19H31N3O2S.HI/c1-4-25(23)17-10-7-9-16(14-17)22-19(20-2)21-13-12-15-8-5-6-11-18(15)24-3;/h5-6,8,11,16-17H,4,7,9-10,12-14H2,1-3H3,(H2,20,21,22);1H. The molecule has 1 aromatic carbocycles. The molecule has 0 saturated heterocycles. The zero-order valence-electron chi connectivity index (χ0n) is 16.0. The monoisotopic (exact) mass is 493 g/mol. The lowest BCUT2D eigenvalue weighted by Gasteiger charge is -2.30. The predicted octanol–water partition coefficient (Wildman–Crippen LogP) is 3.10. The lowest BCUT2D eigenvalue weighted by Crippen LogP contribution is -2.47. The zero-order valence-corrected chi connectivity index (χ0v) is 19.1. The Balaban J connectivity index is 0.00000338. The van der Waals surface area contributed by atoms with Gasteiger partial charge in [-0.05, 0) is 37.3 Å². The molecule has 1 aliphatic rings. The predicted molar refractivity (Wildman–Crippen MR) is 121 cm³/mol. The molecule has 1 aromatic rings. The maximum absolute atomic E-state index is 12.1. The topological polar surface area (TPSA) is 62.7 Å². The fourth-order valence-electron chi connectivity index (χ4n) is 3.36. The van der Waals surface area contributed by atoms with Crippen LogP contribution in [0.3, 0.4) is 0 Å². The van der Waals surface area contributed by atoms with Crippen molar-refractivity contribution in [2.24, 2.45) is 4.99 Å². The molecular formula is C19H32IN3O2S. The molecule has 26 heavy (non-hydrogen) atoms. The molecule has 1 saturated carbocycles. The van der Waals surface area contributed by atoms with E-state index >= 15 is 0 Å². The highest BCUT2D eigenvalue weighted by molar-refractivity contribution is 14.0. The van der Waals surface area contributed by atoms with Crippen molar-refractivity contribution in [2.75, 3.05) is 26.5 Å². The summed E-state index contributed by atoms with van der Waals surface area (Å²) >= 11 is 0. The summed E-state index contributed by atoms with van der Waals surface area (Å²) in [4.78, 5) is 4.33. The molecule has 7 heteroatoms. The average Bonchev–Trinajstić information content (AvgIpc) is 2.67. The van der Waals surface area contributed by atoms with E-state index in [1.807, 2.05) is 25.1 Å². The molecule has 0 heterocycles. The molecular weight excluding hydrogens is 461 g/mol. The van der Waals surface area contributed by atoms with Gasteiger partial charge in [-0.1, -0.05) is 31.5 Å². The molecule has 2 rings (SSSR count). The highest BCUT2D eigenvalue weighted by Gasteiger charge is 2.25. The minimum atomic E-state index is -0.699. The summed E-state index contributed by atoms with van der Waals surface area (Å²) in [5.74, 6) is 2.50. The van der Waals surface area contributed by atoms with Crippen LogP contribution in [0, 0.1) is 0 Å². The summed E-state index contributed by atoms with van der Waals surface area (Å²) in [6.07, 6.45) is 5.17. The molecule has 0 aliphatic heterocycles. The average molecular weight is 493 g/mol. The van der Waals surface area contributed by atoms with Crippen LogP contribution >= 0.6 is 24.0 Å². The largest absolute Gasteiger partial charge is 0.496 e. The Hall–Kier alpha value is -0.830. The number of nitrogens with zero attached hydrogens (tertiary/aromatic N) is 1. The molecule has 1 aliphatic carbocycles. The highest BCUT2D eigenvalue weighted by atomic mass is 127. The Labute approximate surface area is 177 Å². The van der Waals surface area contributed by atoms with Crippen molar-refractivity contribution in [3.05, 3.63) is 29.8 Å². The second-order valence-corrected chi connectivity index (χ2v) is 8.37. The van der Waals surface area contributed by atoms with Crippen LogP contribution in [0.25, 0.3) is 0 Å². The van der Waals surface area contributed by atoms with Gasteiger partial charge in [0.25, 0.3) is 0 Å². The van der Waals surface area contributed by atoms with Crippen molar-refractivity contribution in [3.63, 3.8) is 0 Å². The van der Waals surface area contributed by atoms with E-state index in [0.29, 0.717) is 11.3 Å². The Morgan fingerprint density at radius 1 is 1.35 bits per heavy atom. The van der Waals surface area contributed by atoms with E-state index in [9.17, 15) is 4.21 Å². The van der Waals surface area contributed by atoms with Crippen molar-refractivity contribution in [1.82, 2.24) is 10.6 Å². The quantitative estimate of drug-likeness (QED) is 0.348. The van der Waals surface area contributed by atoms with Crippen LogP contribution in [-0.2, 0) is 17.2 Å². The first-order valence-corrected chi connectivity index (χ1v) is 10.5. The summed E-state index contributed by atoms with van der Waals surface area (Å²) in [7, 11) is 2.80. The lowest BCUT2D eigenvalue weighted by molar-refractivity contribution is 0.408. The third-order valence-corrected chi connectivity index (χ3v) is 6.47. The first-order chi connectivity index (χ1) is 12.2. The van der Waals surface area contributed by atoms with Gasteiger partial charge in [-0.25, -0.2) is 0 Å². The first kappa shape index (κ1) is 23.2. The molecule has 148 valence electrons. The smallest absolute Gasteiger partial charge is 0.191 e. The maximum atomic E-state index is 12.1. The van der Waals surface area contributed by atoms with Gasteiger partial charge < -0.3 is 15.4 Å². The zero-order chi connectivity index (χ0) is 18.1. The van der Waals surface area contributed by atoms with Crippen molar-refractivity contribution in [1.29, 1.82) is 0 Å². The summed E-state index contributed by atoms with van der Waals surface area (Å²) in [5, 5.41) is 7.21. The number of halogens is 1. The van der Waals surface area contributed by atoms with Gasteiger partial charge in [0.05, 0.1) is 7.11 Å². The summed E-state index contributed by atoms with van der Waals surface area (Å²) in [6, 6.07) is 8.43. The van der Waals surface area contributed by atoms with Gasteiger partial charge in [0.1, 0.15) is 5.75 Å². The third kappa shape index (κ3) is 7.06. The van der Waals surface area contributed by atoms with E-state index in [2.05, 4.69) is 21.7 Å². The normalized spacial score (nSPS) is 21.4. The van der Waals surface area contributed by atoms with Crippen LogP contribution in [0.4, 0.5) is 0 Å².